The number of amides is 2. The van der Waals surface area contributed by atoms with Crippen LogP contribution < -0.4 is 15.8 Å². The van der Waals surface area contributed by atoms with Gasteiger partial charge in [0.25, 0.3) is 11.8 Å². The number of aryl methyl sites for hydroxylation is 1. The highest BCUT2D eigenvalue weighted by Crippen LogP contribution is 2.39. The van der Waals surface area contributed by atoms with E-state index in [2.05, 4.69) is 14.9 Å². The summed E-state index contributed by atoms with van der Waals surface area (Å²) in [5.41, 5.74) is 9.75. The molecule has 2 amide bonds. The van der Waals surface area contributed by atoms with E-state index in [4.69, 9.17) is 10.5 Å². The Morgan fingerprint density at radius 3 is 2.55 bits per heavy atom. The lowest BCUT2D eigenvalue weighted by Gasteiger charge is -2.05. The van der Waals surface area contributed by atoms with Gasteiger partial charge in [-0.1, -0.05) is 18.2 Å². The molecule has 31 heavy (non-hydrogen) atoms. The predicted octanol–water partition coefficient (Wildman–Crippen LogP) is 3.05. The van der Waals surface area contributed by atoms with Crippen molar-refractivity contribution in [3.05, 3.63) is 66.0 Å². The van der Waals surface area contributed by atoms with Crippen LogP contribution in [-0.2, 0) is 16.1 Å². The fourth-order valence-electron chi connectivity index (χ4n) is 4.30. The van der Waals surface area contributed by atoms with E-state index >= 15 is 0 Å². The third-order valence-electron chi connectivity index (χ3n) is 5.75. The highest BCUT2D eigenvalue weighted by atomic mass is 16.5. The zero-order valence-electron chi connectivity index (χ0n) is 17.1. The first kappa shape index (κ1) is 19.1. The zero-order chi connectivity index (χ0) is 21.5. The Morgan fingerprint density at radius 1 is 1.00 bits per heavy atom. The molecule has 0 spiro atoms. The number of para-hydroxylation sites is 1. The first-order chi connectivity index (χ1) is 15.1. The summed E-state index contributed by atoms with van der Waals surface area (Å²) in [7, 11) is 1.61. The lowest BCUT2D eigenvalue weighted by atomic mass is 9.95. The average Bonchev–Trinajstić information content (AvgIpc) is 3.44. The van der Waals surface area contributed by atoms with E-state index in [0.29, 0.717) is 41.1 Å². The average molecular weight is 414 g/mol. The molecular formula is C24H22N4O3. The van der Waals surface area contributed by atoms with E-state index in [0.717, 1.165) is 28.2 Å². The van der Waals surface area contributed by atoms with E-state index in [9.17, 15) is 9.59 Å². The molecule has 0 saturated carbocycles. The maximum atomic E-state index is 13.0. The summed E-state index contributed by atoms with van der Waals surface area (Å²) in [5, 5.41) is 4.24. The normalized spacial score (nSPS) is 14.1. The van der Waals surface area contributed by atoms with Gasteiger partial charge < -0.3 is 20.0 Å². The Labute approximate surface area is 178 Å². The van der Waals surface area contributed by atoms with Crippen LogP contribution >= 0.6 is 0 Å². The number of nitrogens with zero attached hydrogens (tertiary/aromatic N) is 1. The Morgan fingerprint density at radius 2 is 1.77 bits per heavy atom. The fourth-order valence-corrected chi connectivity index (χ4v) is 4.30. The van der Waals surface area contributed by atoms with Crippen molar-refractivity contribution in [3.8, 4) is 5.75 Å². The van der Waals surface area contributed by atoms with Crippen molar-refractivity contribution in [2.24, 2.45) is 5.73 Å². The Balaban J connectivity index is 1.80. The van der Waals surface area contributed by atoms with Crippen LogP contribution in [0.5, 0.6) is 5.75 Å². The van der Waals surface area contributed by atoms with Crippen LogP contribution in [0, 0.1) is 0 Å². The van der Waals surface area contributed by atoms with Crippen molar-refractivity contribution in [1.82, 2.24) is 14.9 Å². The standard InChI is InChI=1S/C24H22N4O3/c1-31-14-7-8-20-16(11-14)18(13-28(20)10-4-9-25)22-21(23(29)27-24(22)30)17-12-26-19-6-3-2-5-15(17)19/h2-3,5-8,11-13,26H,4,9-10,25H2,1H3,(H,27,29,30). The first-order valence-electron chi connectivity index (χ1n) is 10.2. The summed E-state index contributed by atoms with van der Waals surface area (Å²) in [5.74, 6) is -0.106. The third kappa shape index (κ3) is 3.02. The number of carbonyl (C=O) groups is 2. The molecule has 0 aliphatic carbocycles. The van der Waals surface area contributed by atoms with Crippen molar-refractivity contribution in [2.45, 2.75) is 13.0 Å². The van der Waals surface area contributed by atoms with Crippen molar-refractivity contribution in [1.29, 1.82) is 0 Å². The molecule has 4 aromatic rings. The minimum absolute atomic E-state index is 0.375. The van der Waals surface area contributed by atoms with Gasteiger partial charge in [0.15, 0.2) is 0 Å². The molecule has 4 N–H and O–H groups in total. The summed E-state index contributed by atoms with van der Waals surface area (Å²) in [6.07, 6.45) is 4.52. The second kappa shape index (κ2) is 7.45. The van der Waals surface area contributed by atoms with Gasteiger partial charge in [-0.15, -0.1) is 0 Å². The van der Waals surface area contributed by atoms with Crippen LogP contribution in [0.4, 0.5) is 0 Å². The van der Waals surface area contributed by atoms with E-state index in [1.165, 1.54) is 0 Å². The number of rotatable bonds is 6. The molecule has 3 heterocycles. The Bertz CT molecular complexity index is 1380. The van der Waals surface area contributed by atoms with Gasteiger partial charge in [0.1, 0.15) is 5.75 Å². The second-order valence-corrected chi connectivity index (χ2v) is 7.54. The number of aromatic amines is 1. The van der Waals surface area contributed by atoms with E-state index in [1.807, 2.05) is 48.7 Å². The van der Waals surface area contributed by atoms with Gasteiger partial charge in [0, 0.05) is 51.9 Å². The number of methoxy groups -OCH3 is 1. The molecule has 156 valence electrons. The molecule has 0 saturated heterocycles. The molecule has 1 aliphatic rings. The second-order valence-electron chi connectivity index (χ2n) is 7.54. The lowest BCUT2D eigenvalue weighted by Crippen LogP contribution is -2.22. The molecular weight excluding hydrogens is 392 g/mol. The minimum atomic E-state index is -0.397. The van der Waals surface area contributed by atoms with Crippen LogP contribution in [0.3, 0.4) is 0 Å². The molecule has 0 radical (unpaired) electrons. The number of aromatic nitrogens is 2. The number of hydrogen-bond donors (Lipinski definition) is 3. The minimum Gasteiger partial charge on any atom is -0.497 e. The largest absolute Gasteiger partial charge is 0.497 e. The molecule has 0 bridgehead atoms. The molecule has 1 aliphatic heterocycles. The van der Waals surface area contributed by atoms with E-state index in [-0.39, 0.29) is 0 Å². The molecule has 2 aromatic heterocycles. The van der Waals surface area contributed by atoms with Crippen LogP contribution in [-0.4, -0.2) is 35.0 Å². The molecule has 0 fully saturated rings. The summed E-state index contributed by atoms with van der Waals surface area (Å²) in [4.78, 5) is 29.1. The first-order valence-corrected chi connectivity index (χ1v) is 10.2. The van der Waals surface area contributed by atoms with Crippen LogP contribution in [0.25, 0.3) is 33.0 Å². The number of benzene rings is 2. The molecule has 0 atom stereocenters. The summed E-state index contributed by atoms with van der Waals surface area (Å²) >= 11 is 0. The SMILES string of the molecule is COc1ccc2c(c1)c(C1=C(c3c[nH]c4ccccc34)C(=O)NC1=O)cn2CCCN. The number of H-pyrrole nitrogens is 1. The number of fused-ring (bicyclic) bond motifs is 2. The summed E-state index contributed by atoms with van der Waals surface area (Å²) in [6.45, 7) is 1.28. The number of nitrogens with one attached hydrogen (secondary N) is 2. The van der Waals surface area contributed by atoms with E-state index < -0.39 is 11.8 Å². The number of nitrogens with two attached hydrogens (primary N) is 1. The van der Waals surface area contributed by atoms with E-state index in [1.54, 1.807) is 13.3 Å². The van der Waals surface area contributed by atoms with Crippen molar-refractivity contribution < 1.29 is 14.3 Å². The van der Waals surface area contributed by atoms with Crippen LogP contribution in [0.2, 0.25) is 0 Å². The van der Waals surface area contributed by atoms with Gasteiger partial charge >= 0.3 is 0 Å². The zero-order valence-corrected chi connectivity index (χ0v) is 17.1. The third-order valence-corrected chi connectivity index (χ3v) is 5.75. The maximum Gasteiger partial charge on any atom is 0.259 e. The Kier molecular flexibility index (Phi) is 4.60. The van der Waals surface area contributed by atoms with Gasteiger partial charge in [-0.25, -0.2) is 0 Å². The smallest absolute Gasteiger partial charge is 0.259 e. The van der Waals surface area contributed by atoms with Crippen LogP contribution in [0.15, 0.2) is 54.9 Å². The van der Waals surface area contributed by atoms with Crippen molar-refractivity contribution >= 4 is 44.8 Å². The highest BCUT2D eigenvalue weighted by Gasteiger charge is 2.35. The topological polar surface area (TPSA) is 102 Å². The monoisotopic (exact) mass is 414 g/mol. The van der Waals surface area contributed by atoms with Gasteiger partial charge in [-0.2, -0.15) is 0 Å². The highest BCUT2D eigenvalue weighted by molar-refractivity contribution is 6.50. The lowest BCUT2D eigenvalue weighted by molar-refractivity contribution is -0.122. The summed E-state index contributed by atoms with van der Waals surface area (Å²) in [6, 6.07) is 13.5. The maximum absolute atomic E-state index is 13.0. The molecule has 2 aromatic carbocycles. The number of ether oxygens (including phenoxy) is 1. The molecule has 7 nitrogen and oxygen atoms in total. The number of imide groups is 1. The molecule has 7 heteroatoms. The van der Waals surface area contributed by atoms with Gasteiger partial charge in [-0.05, 0) is 37.2 Å². The van der Waals surface area contributed by atoms with Gasteiger partial charge in [-0.3, -0.25) is 14.9 Å². The number of carbonyl (C=O) groups excluding carboxylic acids is 2. The number of hydrogen-bond acceptors (Lipinski definition) is 4. The predicted molar refractivity (Wildman–Crippen MR) is 120 cm³/mol. The summed E-state index contributed by atoms with van der Waals surface area (Å²) < 4.78 is 7.49. The van der Waals surface area contributed by atoms with Gasteiger partial charge in [0.05, 0.1) is 18.3 Å². The van der Waals surface area contributed by atoms with Crippen LogP contribution in [0.1, 0.15) is 17.5 Å². The molecule has 5 rings (SSSR count). The fraction of sp³-hybridized carbons (Fsp3) is 0.167. The molecule has 0 unspecified atom stereocenters. The van der Waals surface area contributed by atoms with Gasteiger partial charge in [0.2, 0.25) is 0 Å². The van der Waals surface area contributed by atoms with Crippen molar-refractivity contribution in [2.75, 3.05) is 13.7 Å². The Hall–Kier alpha value is -3.84. The quantitative estimate of drug-likeness (QED) is 0.422. The van der Waals surface area contributed by atoms with Crippen molar-refractivity contribution in [3.63, 3.8) is 0 Å².